The van der Waals surface area contributed by atoms with Gasteiger partial charge in [-0.2, -0.15) is 0 Å². The van der Waals surface area contributed by atoms with E-state index in [9.17, 15) is 28.8 Å². The van der Waals surface area contributed by atoms with Crippen molar-refractivity contribution in [3.8, 4) is 0 Å². The molecule has 5 N–H and O–H groups in total. The maximum absolute atomic E-state index is 14.1. The molecule has 268 valence electrons. The van der Waals surface area contributed by atoms with E-state index in [1.807, 2.05) is 27.7 Å². The molecule has 4 aliphatic carbocycles. The first-order chi connectivity index (χ1) is 23.4. The van der Waals surface area contributed by atoms with Crippen LogP contribution in [0.4, 0.5) is 0 Å². The number of hydrogen-bond acceptors (Lipinski definition) is 8. The van der Waals surface area contributed by atoms with Crippen molar-refractivity contribution in [1.29, 1.82) is 0 Å². The molecule has 1 aromatic rings. The Morgan fingerprint density at radius 1 is 0.837 bits per heavy atom. The van der Waals surface area contributed by atoms with Gasteiger partial charge in [-0.05, 0) is 74.5 Å². The molecule has 1 aromatic heterocycles. The summed E-state index contributed by atoms with van der Waals surface area (Å²) >= 11 is 0. The number of nitrogens with one attached hydrogen (secondary N) is 5. The predicted octanol–water partition coefficient (Wildman–Crippen LogP) is 2.35. The van der Waals surface area contributed by atoms with Gasteiger partial charge in [0, 0.05) is 24.5 Å². The molecular formula is C36H53N7O6. The molecule has 4 saturated carbocycles. The van der Waals surface area contributed by atoms with E-state index in [0.29, 0.717) is 12.8 Å². The van der Waals surface area contributed by atoms with E-state index in [1.165, 1.54) is 18.6 Å². The van der Waals surface area contributed by atoms with Crippen molar-refractivity contribution in [2.24, 2.45) is 29.1 Å². The summed E-state index contributed by atoms with van der Waals surface area (Å²) in [7, 11) is 0. The van der Waals surface area contributed by atoms with Crippen LogP contribution >= 0.6 is 0 Å². The van der Waals surface area contributed by atoms with Crippen LogP contribution in [0, 0.1) is 29.1 Å². The molecule has 1 heterocycles. The van der Waals surface area contributed by atoms with Gasteiger partial charge in [-0.1, -0.05) is 53.4 Å². The minimum absolute atomic E-state index is 0.0308. The van der Waals surface area contributed by atoms with Gasteiger partial charge >= 0.3 is 0 Å². The van der Waals surface area contributed by atoms with Crippen LogP contribution in [0.1, 0.15) is 115 Å². The van der Waals surface area contributed by atoms with Crippen LogP contribution in [0.15, 0.2) is 18.6 Å². The van der Waals surface area contributed by atoms with Gasteiger partial charge in [0.15, 0.2) is 0 Å². The summed E-state index contributed by atoms with van der Waals surface area (Å²) in [6.07, 6.45) is 13.9. The number of carbonyl (C=O) groups is 6. The van der Waals surface area contributed by atoms with Crippen LogP contribution in [-0.4, -0.2) is 75.5 Å². The normalized spacial score (nSPS) is 25.4. The van der Waals surface area contributed by atoms with Crippen LogP contribution in [0.2, 0.25) is 0 Å². The lowest BCUT2D eigenvalue weighted by Crippen LogP contribution is -2.62. The summed E-state index contributed by atoms with van der Waals surface area (Å²) in [4.78, 5) is 88.7. The lowest BCUT2D eigenvalue weighted by molar-refractivity contribution is -0.141. The molecule has 4 aliphatic rings. The fourth-order valence-corrected chi connectivity index (χ4v) is 8.00. The highest BCUT2D eigenvalue weighted by Gasteiger charge is 2.53. The largest absolute Gasteiger partial charge is 0.350 e. The minimum Gasteiger partial charge on any atom is -0.350 e. The quantitative estimate of drug-likeness (QED) is 0.185. The molecule has 13 heteroatoms. The van der Waals surface area contributed by atoms with Gasteiger partial charge in [0.1, 0.15) is 17.8 Å². The van der Waals surface area contributed by atoms with Crippen molar-refractivity contribution in [3.63, 3.8) is 0 Å². The van der Waals surface area contributed by atoms with Crippen molar-refractivity contribution in [1.82, 2.24) is 36.6 Å². The molecule has 4 fully saturated rings. The van der Waals surface area contributed by atoms with E-state index < -0.39 is 64.9 Å². The summed E-state index contributed by atoms with van der Waals surface area (Å²) in [5.74, 6) is -3.50. The number of amides is 5. The van der Waals surface area contributed by atoms with Gasteiger partial charge < -0.3 is 26.6 Å². The van der Waals surface area contributed by atoms with E-state index in [4.69, 9.17) is 0 Å². The lowest BCUT2D eigenvalue weighted by Gasteiger charge is -2.37. The van der Waals surface area contributed by atoms with Crippen molar-refractivity contribution >= 4 is 35.3 Å². The van der Waals surface area contributed by atoms with Crippen molar-refractivity contribution in [3.05, 3.63) is 24.3 Å². The van der Waals surface area contributed by atoms with Crippen molar-refractivity contribution < 1.29 is 28.8 Å². The SMILES string of the molecule is CCCC(NC(=O)[C@@H]1[C@H]2CC[C@@H](C2)[C@@H]1NC(=O)[C@@H](NC(=O)[C@@H](NC(=O)c1cnccn1)C1CCCCC1)C(C)(C)C)C(=O)C(=O)NC1CC1. The number of fused-ring (bicyclic) bond motifs is 2. The fourth-order valence-electron chi connectivity index (χ4n) is 8.00. The highest BCUT2D eigenvalue weighted by atomic mass is 16.2. The number of carbonyl (C=O) groups excluding carboxylic acids is 6. The van der Waals surface area contributed by atoms with Gasteiger partial charge in [-0.3, -0.25) is 33.8 Å². The third-order valence-corrected chi connectivity index (χ3v) is 10.8. The smallest absolute Gasteiger partial charge is 0.289 e. The molecule has 2 bridgehead atoms. The third kappa shape index (κ3) is 9.02. The zero-order valence-corrected chi connectivity index (χ0v) is 29.3. The second-order valence-electron chi connectivity index (χ2n) is 15.6. The minimum atomic E-state index is -0.956. The number of hydrogen-bond donors (Lipinski definition) is 5. The van der Waals surface area contributed by atoms with Crippen LogP contribution in [0.3, 0.4) is 0 Å². The van der Waals surface area contributed by atoms with Gasteiger partial charge in [0.25, 0.3) is 11.8 Å². The molecule has 7 atom stereocenters. The monoisotopic (exact) mass is 679 g/mol. The number of Topliss-reactive ketones (excluding diaryl/α,β-unsaturated/α-hetero) is 1. The average Bonchev–Trinajstić information content (AvgIpc) is 3.66. The van der Waals surface area contributed by atoms with Crippen LogP contribution in [0.5, 0.6) is 0 Å². The van der Waals surface area contributed by atoms with E-state index in [-0.39, 0.29) is 35.4 Å². The molecule has 49 heavy (non-hydrogen) atoms. The Labute approximate surface area is 288 Å². The van der Waals surface area contributed by atoms with Gasteiger partial charge in [0.2, 0.25) is 23.5 Å². The first-order valence-corrected chi connectivity index (χ1v) is 18.2. The standard InChI is InChI=1S/C36H53N7O6/c1-5-9-24(29(44)34(48)39-23-14-15-23)40-32(46)26-21-12-13-22(18-21)27(26)41-35(49)30(36(2,3)4)43-33(47)28(20-10-7-6-8-11-20)42-31(45)25-19-37-16-17-38-25/h16-17,19-24,26-28,30H,5-15,18H2,1-4H3,(H,39,48)(H,40,46)(H,41,49)(H,42,45)(H,43,47)/t21-,22-,24?,26+,27-,28-,30+/m0/s1. The Morgan fingerprint density at radius 2 is 1.55 bits per heavy atom. The van der Waals surface area contributed by atoms with E-state index >= 15 is 0 Å². The highest BCUT2D eigenvalue weighted by molar-refractivity contribution is 6.38. The van der Waals surface area contributed by atoms with Gasteiger partial charge in [-0.25, -0.2) is 4.98 Å². The first kappa shape index (κ1) is 36.4. The Hall–Kier alpha value is -3.90. The van der Waals surface area contributed by atoms with Gasteiger partial charge in [-0.15, -0.1) is 0 Å². The maximum atomic E-state index is 14.1. The Kier molecular flexibility index (Phi) is 11.7. The molecular weight excluding hydrogens is 626 g/mol. The van der Waals surface area contributed by atoms with Crippen LogP contribution < -0.4 is 26.6 Å². The Morgan fingerprint density at radius 3 is 2.18 bits per heavy atom. The molecule has 5 amide bonds. The van der Waals surface area contributed by atoms with Gasteiger partial charge in [0.05, 0.1) is 18.2 Å². The number of nitrogens with zero attached hydrogens (tertiary/aromatic N) is 2. The predicted molar refractivity (Wildman–Crippen MR) is 181 cm³/mol. The first-order valence-electron chi connectivity index (χ1n) is 18.2. The lowest BCUT2D eigenvalue weighted by atomic mass is 9.81. The number of ketones is 1. The molecule has 0 aliphatic heterocycles. The Bertz CT molecular complexity index is 1390. The summed E-state index contributed by atoms with van der Waals surface area (Å²) in [6, 6.07) is -3.19. The highest BCUT2D eigenvalue weighted by Crippen LogP contribution is 2.49. The van der Waals surface area contributed by atoms with E-state index in [0.717, 1.165) is 64.2 Å². The molecule has 0 radical (unpaired) electrons. The fraction of sp³-hybridized carbons (Fsp3) is 0.722. The molecule has 5 rings (SSSR count). The molecule has 13 nitrogen and oxygen atoms in total. The van der Waals surface area contributed by atoms with Crippen molar-refractivity contribution in [2.75, 3.05) is 0 Å². The summed E-state index contributed by atoms with van der Waals surface area (Å²) in [5.41, 5.74) is -0.595. The molecule has 0 aromatic carbocycles. The topological polar surface area (TPSA) is 188 Å². The third-order valence-electron chi connectivity index (χ3n) is 10.8. The second-order valence-corrected chi connectivity index (χ2v) is 15.6. The number of rotatable bonds is 14. The summed E-state index contributed by atoms with van der Waals surface area (Å²) in [5, 5.41) is 14.6. The van der Waals surface area contributed by atoms with E-state index in [1.54, 1.807) is 0 Å². The average molecular weight is 680 g/mol. The van der Waals surface area contributed by atoms with Crippen LogP contribution in [-0.2, 0) is 24.0 Å². The second kappa shape index (κ2) is 15.8. The maximum Gasteiger partial charge on any atom is 0.289 e. The van der Waals surface area contributed by atoms with Crippen molar-refractivity contribution in [2.45, 2.75) is 135 Å². The van der Waals surface area contributed by atoms with E-state index in [2.05, 4.69) is 36.6 Å². The molecule has 0 saturated heterocycles. The van der Waals surface area contributed by atoms with Crippen LogP contribution in [0.25, 0.3) is 0 Å². The zero-order chi connectivity index (χ0) is 35.3. The Balaban J connectivity index is 1.29. The zero-order valence-electron chi connectivity index (χ0n) is 29.3. The summed E-state index contributed by atoms with van der Waals surface area (Å²) < 4.78 is 0. The summed E-state index contributed by atoms with van der Waals surface area (Å²) in [6.45, 7) is 7.49. The number of aromatic nitrogens is 2. The molecule has 0 spiro atoms. The molecule has 1 unspecified atom stereocenters.